The summed E-state index contributed by atoms with van der Waals surface area (Å²) in [6.07, 6.45) is 1.09. The maximum Gasteiger partial charge on any atom is 0.130 e. The van der Waals surface area contributed by atoms with Crippen LogP contribution in [0.5, 0.6) is 0 Å². The minimum atomic E-state index is -0.886. The van der Waals surface area contributed by atoms with Gasteiger partial charge in [-0.25, -0.2) is 9.37 Å². The maximum absolute atomic E-state index is 13.5. The van der Waals surface area contributed by atoms with Crippen molar-refractivity contribution < 1.29 is 9.50 Å². The highest BCUT2D eigenvalue weighted by atomic mass is 35.5. The van der Waals surface area contributed by atoms with Gasteiger partial charge in [0.1, 0.15) is 5.82 Å². The average Bonchev–Trinajstić information content (AvgIpc) is 2.70. The van der Waals surface area contributed by atoms with Crippen LogP contribution >= 0.6 is 22.9 Å². The van der Waals surface area contributed by atoms with E-state index in [2.05, 4.69) is 4.98 Å². The van der Waals surface area contributed by atoms with Crippen molar-refractivity contribution in [1.82, 2.24) is 4.98 Å². The van der Waals surface area contributed by atoms with Crippen molar-refractivity contribution in [3.63, 3.8) is 0 Å². The van der Waals surface area contributed by atoms with Crippen LogP contribution in [0, 0.1) is 5.82 Å². The van der Waals surface area contributed by atoms with Crippen LogP contribution in [0.15, 0.2) is 29.8 Å². The van der Waals surface area contributed by atoms with Gasteiger partial charge in [-0.3, -0.25) is 0 Å². The van der Waals surface area contributed by atoms with Crippen LogP contribution < -0.4 is 0 Å². The zero-order valence-corrected chi connectivity index (χ0v) is 9.80. The molecule has 0 aliphatic heterocycles. The van der Waals surface area contributed by atoms with Gasteiger partial charge in [0.05, 0.1) is 11.1 Å². The van der Waals surface area contributed by atoms with Crippen LogP contribution in [0.3, 0.4) is 0 Å². The standard InChI is InChI=1S/C11H9ClFNOS/c12-7-1-2-8(9(13)5-7)10(15)6-11-14-3-4-16-11/h1-5,10,15H,6H2. The molecule has 2 aromatic rings. The molecule has 1 aromatic heterocycles. The van der Waals surface area contributed by atoms with Crippen LogP contribution in [0.1, 0.15) is 16.7 Å². The van der Waals surface area contributed by atoms with Crippen LogP contribution in [0.4, 0.5) is 4.39 Å². The Morgan fingerprint density at radius 3 is 2.94 bits per heavy atom. The van der Waals surface area contributed by atoms with Gasteiger partial charge in [0.2, 0.25) is 0 Å². The van der Waals surface area contributed by atoms with Crippen molar-refractivity contribution in [3.05, 3.63) is 51.2 Å². The zero-order valence-electron chi connectivity index (χ0n) is 8.23. The first kappa shape index (κ1) is 11.5. The third-order valence-electron chi connectivity index (χ3n) is 2.17. The van der Waals surface area contributed by atoms with E-state index >= 15 is 0 Å². The molecule has 84 valence electrons. The van der Waals surface area contributed by atoms with Crippen molar-refractivity contribution in [3.8, 4) is 0 Å². The second-order valence-corrected chi connectivity index (χ2v) is 4.73. The molecule has 0 aliphatic carbocycles. The minimum absolute atomic E-state index is 0.250. The van der Waals surface area contributed by atoms with E-state index < -0.39 is 11.9 Å². The molecule has 16 heavy (non-hydrogen) atoms. The molecule has 0 saturated carbocycles. The number of aromatic nitrogens is 1. The second kappa shape index (κ2) is 4.91. The summed E-state index contributed by atoms with van der Waals surface area (Å²) in [7, 11) is 0. The Labute approximate surface area is 101 Å². The number of halogens is 2. The Kier molecular flexibility index (Phi) is 3.53. The smallest absolute Gasteiger partial charge is 0.130 e. The van der Waals surface area contributed by atoms with E-state index in [9.17, 15) is 9.50 Å². The lowest BCUT2D eigenvalue weighted by molar-refractivity contribution is 0.173. The van der Waals surface area contributed by atoms with E-state index in [-0.39, 0.29) is 5.56 Å². The number of aliphatic hydroxyl groups excluding tert-OH is 1. The van der Waals surface area contributed by atoms with Gasteiger partial charge in [-0.05, 0) is 12.1 Å². The largest absolute Gasteiger partial charge is 0.388 e. The topological polar surface area (TPSA) is 33.1 Å². The molecular formula is C11H9ClFNOS. The molecule has 5 heteroatoms. The Hall–Kier alpha value is -0.970. The predicted molar refractivity (Wildman–Crippen MR) is 62.2 cm³/mol. The van der Waals surface area contributed by atoms with Crippen LogP contribution in [0.2, 0.25) is 5.02 Å². The number of benzene rings is 1. The van der Waals surface area contributed by atoms with Crippen LogP contribution in [0.25, 0.3) is 0 Å². The lowest BCUT2D eigenvalue weighted by Gasteiger charge is -2.10. The lowest BCUT2D eigenvalue weighted by atomic mass is 10.1. The summed E-state index contributed by atoms with van der Waals surface area (Å²) in [5, 5.41) is 12.8. The maximum atomic E-state index is 13.5. The van der Waals surface area contributed by atoms with E-state index in [4.69, 9.17) is 11.6 Å². The highest BCUT2D eigenvalue weighted by Gasteiger charge is 2.14. The first-order chi connectivity index (χ1) is 7.66. The van der Waals surface area contributed by atoms with Gasteiger partial charge in [0, 0.05) is 28.6 Å². The first-order valence-corrected chi connectivity index (χ1v) is 5.94. The SMILES string of the molecule is OC(Cc1nccs1)c1ccc(Cl)cc1F. The normalized spacial score (nSPS) is 12.7. The van der Waals surface area contributed by atoms with Gasteiger partial charge in [-0.1, -0.05) is 17.7 Å². The Balaban J connectivity index is 2.17. The third kappa shape index (κ3) is 2.58. The molecule has 0 bridgehead atoms. The van der Waals surface area contributed by atoms with E-state index in [1.165, 1.54) is 23.5 Å². The summed E-state index contributed by atoms with van der Waals surface area (Å²) in [5.41, 5.74) is 0.250. The summed E-state index contributed by atoms with van der Waals surface area (Å²) in [5.74, 6) is -0.489. The molecule has 2 nitrogen and oxygen atoms in total. The van der Waals surface area contributed by atoms with Gasteiger partial charge >= 0.3 is 0 Å². The molecule has 0 saturated heterocycles. The molecule has 2 rings (SSSR count). The molecule has 1 atom stereocenters. The summed E-state index contributed by atoms with van der Waals surface area (Å²) >= 11 is 7.07. The predicted octanol–water partition coefficient (Wildman–Crippen LogP) is 3.21. The monoisotopic (exact) mass is 257 g/mol. The fourth-order valence-corrected chi connectivity index (χ4v) is 2.21. The molecule has 1 unspecified atom stereocenters. The number of aliphatic hydroxyl groups is 1. The molecule has 1 heterocycles. The molecular weight excluding hydrogens is 249 g/mol. The number of rotatable bonds is 3. The summed E-state index contributed by atoms with van der Waals surface area (Å²) in [6.45, 7) is 0. The van der Waals surface area contributed by atoms with Gasteiger partial charge < -0.3 is 5.11 Å². The summed E-state index contributed by atoms with van der Waals surface area (Å²) in [4.78, 5) is 4.04. The van der Waals surface area contributed by atoms with E-state index in [0.29, 0.717) is 11.4 Å². The molecule has 0 fully saturated rings. The molecule has 0 aliphatic rings. The molecule has 0 amide bonds. The van der Waals surface area contributed by atoms with Gasteiger partial charge in [-0.15, -0.1) is 11.3 Å². The summed E-state index contributed by atoms with van der Waals surface area (Å²) < 4.78 is 13.5. The average molecular weight is 258 g/mol. The Morgan fingerprint density at radius 1 is 1.50 bits per heavy atom. The highest BCUT2D eigenvalue weighted by molar-refractivity contribution is 7.09. The van der Waals surface area contributed by atoms with Crippen molar-refractivity contribution >= 4 is 22.9 Å². The van der Waals surface area contributed by atoms with Crippen molar-refractivity contribution in [2.24, 2.45) is 0 Å². The lowest BCUT2D eigenvalue weighted by Crippen LogP contribution is -2.04. The van der Waals surface area contributed by atoms with E-state index in [1.54, 1.807) is 12.3 Å². The van der Waals surface area contributed by atoms with Crippen molar-refractivity contribution in [2.75, 3.05) is 0 Å². The first-order valence-electron chi connectivity index (χ1n) is 4.68. The number of thiazole rings is 1. The third-order valence-corrected chi connectivity index (χ3v) is 3.21. The van der Waals surface area contributed by atoms with Crippen LogP contribution in [-0.2, 0) is 6.42 Å². The highest BCUT2D eigenvalue weighted by Crippen LogP contribution is 2.24. The Morgan fingerprint density at radius 2 is 2.31 bits per heavy atom. The fourth-order valence-electron chi connectivity index (χ4n) is 1.40. The fraction of sp³-hybridized carbons (Fsp3) is 0.182. The number of nitrogens with zero attached hydrogens (tertiary/aromatic N) is 1. The van der Waals surface area contributed by atoms with Crippen molar-refractivity contribution in [1.29, 1.82) is 0 Å². The van der Waals surface area contributed by atoms with Gasteiger partial charge in [0.15, 0.2) is 0 Å². The molecule has 0 spiro atoms. The molecule has 1 aromatic carbocycles. The van der Waals surface area contributed by atoms with Gasteiger partial charge in [0.25, 0.3) is 0 Å². The van der Waals surface area contributed by atoms with Crippen molar-refractivity contribution in [2.45, 2.75) is 12.5 Å². The quantitative estimate of drug-likeness (QED) is 0.916. The molecule has 1 N–H and O–H groups in total. The molecule has 0 radical (unpaired) electrons. The zero-order chi connectivity index (χ0) is 11.5. The number of hydrogen-bond donors (Lipinski definition) is 1. The number of hydrogen-bond acceptors (Lipinski definition) is 3. The van der Waals surface area contributed by atoms with Gasteiger partial charge in [-0.2, -0.15) is 0 Å². The van der Waals surface area contributed by atoms with E-state index in [0.717, 1.165) is 5.01 Å². The summed E-state index contributed by atoms with van der Waals surface area (Å²) in [6, 6.07) is 4.25. The second-order valence-electron chi connectivity index (χ2n) is 3.31. The van der Waals surface area contributed by atoms with Crippen LogP contribution in [-0.4, -0.2) is 10.1 Å². The Bertz CT molecular complexity index is 475. The van der Waals surface area contributed by atoms with E-state index in [1.807, 2.05) is 5.38 Å². The minimum Gasteiger partial charge on any atom is -0.388 e.